The summed E-state index contributed by atoms with van der Waals surface area (Å²) in [5.41, 5.74) is 0. The Morgan fingerprint density at radius 1 is 1.47 bits per heavy atom. The molecule has 2 rings (SSSR count). The van der Waals surface area contributed by atoms with Crippen molar-refractivity contribution < 1.29 is 0 Å². The normalized spacial score (nSPS) is 23.2. The average Bonchev–Trinajstić information content (AvgIpc) is 2.72. The van der Waals surface area contributed by atoms with E-state index in [1.165, 1.54) is 38.6 Å². The average molecular weight is 236 g/mol. The van der Waals surface area contributed by atoms with Gasteiger partial charge in [-0.15, -0.1) is 0 Å². The van der Waals surface area contributed by atoms with Crippen LogP contribution in [0.2, 0.25) is 0 Å². The lowest BCUT2D eigenvalue weighted by molar-refractivity contribution is 0.400. The molecule has 17 heavy (non-hydrogen) atoms. The fraction of sp³-hybridized carbons (Fsp3) is 0.769. The molecule has 0 aromatic carbocycles. The number of hydrogen-bond acceptors (Lipinski definition) is 3. The van der Waals surface area contributed by atoms with Gasteiger partial charge < -0.3 is 15.6 Å². The molecule has 0 amide bonds. The van der Waals surface area contributed by atoms with E-state index in [4.69, 9.17) is 0 Å². The quantitative estimate of drug-likeness (QED) is 0.731. The zero-order valence-electron chi connectivity index (χ0n) is 10.7. The highest BCUT2D eigenvalue weighted by Gasteiger charge is 2.14. The van der Waals surface area contributed by atoms with Gasteiger partial charge in [-0.2, -0.15) is 0 Å². The minimum absolute atomic E-state index is 0.538. The van der Waals surface area contributed by atoms with E-state index in [1.54, 1.807) is 6.20 Å². The van der Waals surface area contributed by atoms with Crippen molar-refractivity contribution in [3.05, 3.63) is 18.2 Å². The number of H-pyrrole nitrogens is 1. The van der Waals surface area contributed by atoms with Crippen LogP contribution in [0.25, 0.3) is 0 Å². The topological polar surface area (TPSA) is 52.7 Å². The van der Waals surface area contributed by atoms with Gasteiger partial charge in [0.25, 0.3) is 0 Å². The van der Waals surface area contributed by atoms with Gasteiger partial charge in [-0.05, 0) is 32.7 Å². The van der Waals surface area contributed by atoms with Crippen LogP contribution in [0.4, 0.5) is 0 Å². The molecule has 2 unspecified atom stereocenters. The third kappa shape index (κ3) is 4.48. The Bertz CT molecular complexity index is 288. The summed E-state index contributed by atoms with van der Waals surface area (Å²) < 4.78 is 0. The second kappa shape index (κ2) is 6.77. The summed E-state index contributed by atoms with van der Waals surface area (Å²) in [6, 6.07) is 1.23. The van der Waals surface area contributed by atoms with Crippen molar-refractivity contribution in [2.24, 2.45) is 0 Å². The lowest BCUT2D eigenvalue weighted by Gasteiger charge is -2.21. The molecular weight excluding hydrogens is 212 g/mol. The van der Waals surface area contributed by atoms with Crippen LogP contribution in [0.5, 0.6) is 0 Å². The summed E-state index contributed by atoms with van der Waals surface area (Å²) in [6.07, 6.45) is 10.3. The largest absolute Gasteiger partial charge is 0.348 e. The Balaban J connectivity index is 1.67. The van der Waals surface area contributed by atoms with Gasteiger partial charge in [0, 0.05) is 24.5 Å². The molecule has 0 aliphatic carbocycles. The van der Waals surface area contributed by atoms with Crippen molar-refractivity contribution in [2.45, 2.75) is 57.7 Å². The summed E-state index contributed by atoms with van der Waals surface area (Å²) in [4.78, 5) is 7.33. The first-order valence-corrected chi connectivity index (χ1v) is 6.79. The Hall–Kier alpha value is -0.870. The molecule has 1 aliphatic heterocycles. The number of aromatic nitrogens is 2. The van der Waals surface area contributed by atoms with Crippen LogP contribution in [-0.2, 0) is 6.54 Å². The van der Waals surface area contributed by atoms with E-state index in [2.05, 4.69) is 27.5 Å². The van der Waals surface area contributed by atoms with Crippen molar-refractivity contribution in [3.8, 4) is 0 Å². The van der Waals surface area contributed by atoms with E-state index >= 15 is 0 Å². The minimum atomic E-state index is 0.538. The van der Waals surface area contributed by atoms with Crippen molar-refractivity contribution in [1.29, 1.82) is 0 Å². The van der Waals surface area contributed by atoms with Crippen LogP contribution < -0.4 is 10.6 Å². The fourth-order valence-electron chi connectivity index (χ4n) is 2.48. The molecule has 4 nitrogen and oxygen atoms in total. The van der Waals surface area contributed by atoms with E-state index in [1.807, 2.05) is 6.20 Å². The number of rotatable bonds is 5. The van der Waals surface area contributed by atoms with Gasteiger partial charge in [-0.1, -0.05) is 12.8 Å². The molecule has 1 saturated heterocycles. The molecule has 1 aromatic heterocycles. The van der Waals surface area contributed by atoms with Crippen LogP contribution >= 0.6 is 0 Å². The van der Waals surface area contributed by atoms with Crippen molar-refractivity contribution in [1.82, 2.24) is 20.6 Å². The van der Waals surface area contributed by atoms with Gasteiger partial charge in [0.1, 0.15) is 5.82 Å². The zero-order valence-corrected chi connectivity index (χ0v) is 10.7. The number of imidazole rings is 1. The Morgan fingerprint density at radius 2 is 2.41 bits per heavy atom. The maximum Gasteiger partial charge on any atom is 0.120 e. The maximum atomic E-state index is 4.22. The molecule has 1 aliphatic rings. The summed E-state index contributed by atoms with van der Waals surface area (Å²) in [7, 11) is 0. The number of hydrogen-bond donors (Lipinski definition) is 3. The summed E-state index contributed by atoms with van der Waals surface area (Å²) in [5.74, 6) is 1.02. The van der Waals surface area contributed by atoms with Crippen molar-refractivity contribution in [2.75, 3.05) is 6.54 Å². The number of nitrogens with one attached hydrogen (secondary N) is 3. The Kier molecular flexibility index (Phi) is 5.01. The molecule has 1 aromatic rings. The third-order valence-corrected chi connectivity index (χ3v) is 3.47. The molecule has 0 spiro atoms. The lowest BCUT2D eigenvalue weighted by Crippen LogP contribution is -2.36. The van der Waals surface area contributed by atoms with E-state index in [0.717, 1.165) is 12.4 Å². The molecule has 96 valence electrons. The summed E-state index contributed by atoms with van der Waals surface area (Å²) in [5, 5.41) is 7.16. The van der Waals surface area contributed by atoms with Gasteiger partial charge in [-0.25, -0.2) is 4.98 Å². The third-order valence-electron chi connectivity index (χ3n) is 3.47. The molecule has 0 radical (unpaired) electrons. The zero-order chi connectivity index (χ0) is 11.9. The van der Waals surface area contributed by atoms with Crippen molar-refractivity contribution in [3.63, 3.8) is 0 Å². The van der Waals surface area contributed by atoms with Crippen LogP contribution in [0.15, 0.2) is 12.4 Å². The fourth-order valence-corrected chi connectivity index (χ4v) is 2.48. The summed E-state index contributed by atoms with van der Waals surface area (Å²) in [6.45, 7) is 4.28. The second-order valence-corrected chi connectivity index (χ2v) is 5.05. The molecular formula is C13H24N4. The number of aromatic amines is 1. The van der Waals surface area contributed by atoms with Crippen LogP contribution in [-0.4, -0.2) is 28.6 Å². The molecule has 4 heteroatoms. The van der Waals surface area contributed by atoms with Gasteiger partial charge >= 0.3 is 0 Å². The highest BCUT2D eigenvalue weighted by atomic mass is 15.0. The van der Waals surface area contributed by atoms with Gasteiger partial charge in [0.2, 0.25) is 0 Å². The standard InChI is InChI=1S/C13H24N4/c1-11(17-10-13-15-7-8-16-13)9-12-5-3-2-4-6-14-12/h7-8,11-12,14,17H,2-6,9-10H2,1H3,(H,15,16). The predicted molar refractivity (Wildman–Crippen MR) is 69.8 cm³/mol. The van der Waals surface area contributed by atoms with E-state index in [0.29, 0.717) is 12.1 Å². The highest BCUT2D eigenvalue weighted by Crippen LogP contribution is 2.12. The monoisotopic (exact) mass is 236 g/mol. The smallest absolute Gasteiger partial charge is 0.120 e. The second-order valence-electron chi connectivity index (χ2n) is 5.05. The Labute approximate surface area is 104 Å². The van der Waals surface area contributed by atoms with E-state index in [-0.39, 0.29) is 0 Å². The highest BCUT2D eigenvalue weighted by molar-refractivity contribution is 4.87. The van der Waals surface area contributed by atoms with E-state index < -0.39 is 0 Å². The van der Waals surface area contributed by atoms with Gasteiger partial charge in [-0.3, -0.25) is 0 Å². The summed E-state index contributed by atoms with van der Waals surface area (Å²) >= 11 is 0. The predicted octanol–water partition coefficient (Wildman–Crippen LogP) is 1.81. The first-order chi connectivity index (χ1) is 8.34. The molecule has 2 heterocycles. The first-order valence-electron chi connectivity index (χ1n) is 6.79. The molecule has 0 bridgehead atoms. The van der Waals surface area contributed by atoms with Gasteiger partial charge in [0.05, 0.1) is 6.54 Å². The molecule has 0 saturated carbocycles. The number of nitrogens with zero attached hydrogens (tertiary/aromatic N) is 1. The minimum Gasteiger partial charge on any atom is -0.348 e. The Morgan fingerprint density at radius 3 is 3.24 bits per heavy atom. The molecule has 2 atom stereocenters. The SMILES string of the molecule is CC(CC1CCCCCN1)NCc1ncc[nH]1. The maximum absolute atomic E-state index is 4.22. The lowest BCUT2D eigenvalue weighted by atomic mass is 10.0. The van der Waals surface area contributed by atoms with Crippen LogP contribution in [0.1, 0.15) is 44.9 Å². The van der Waals surface area contributed by atoms with Crippen molar-refractivity contribution >= 4 is 0 Å². The van der Waals surface area contributed by atoms with E-state index in [9.17, 15) is 0 Å². The molecule has 3 N–H and O–H groups in total. The first kappa shape index (κ1) is 12.6. The van der Waals surface area contributed by atoms with Crippen LogP contribution in [0, 0.1) is 0 Å². The van der Waals surface area contributed by atoms with Crippen LogP contribution in [0.3, 0.4) is 0 Å². The van der Waals surface area contributed by atoms with Gasteiger partial charge in [0.15, 0.2) is 0 Å². The molecule has 1 fully saturated rings.